The summed E-state index contributed by atoms with van der Waals surface area (Å²) in [6.45, 7) is 0.477. The van der Waals surface area contributed by atoms with Gasteiger partial charge in [-0.05, 0) is 24.5 Å². The average Bonchev–Trinajstić information content (AvgIpc) is 3.35. The van der Waals surface area contributed by atoms with E-state index in [1.807, 2.05) is 43.4 Å². The first kappa shape index (κ1) is 20.1. The van der Waals surface area contributed by atoms with Crippen molar-refractivity contribution >= 4 is 17.8 Å². The molecule has 0 N–H and O–H groups in total. The highest BCUT2D eigenvalue weighted by atomic mass is 16.5. The summed E-state index contributed by atoms with van der Waals surface area (Å²) >= 11 is 0. The topological polar surface area (TPSA) is 84.7 Å². The molecule has 2 amide bonds. The van der Waals surface area contributed by atoms with Gasteiger partial charge in [-0.25, -0.2) is 0 Å². The lowest BCUT2D eigenvalue weighted by Gasteiger charge is -2.40. The molecule has 30 heavy (non-hydrogen) atoms. The maximum Gasteiger partial charge on any atom is 0.311 e. The minimum Gasteiger partial charge on any atom is -0.469 e. The number of benzene rings is 1. The molecule has 2 aromatic rings. The monoisotopic (exact) mass is 410 g/mol. The van der Waals surface area contributed by atoms with Crippen LogP contribution in [0.15, 0.2) is 42.6 Å². The van der Waals surface area contributed by atoms with Crippen molar-refractivity contribution in [3.63, 3.8) is 0 Å². The number of aryl methyl sites for hydroxylation is 2. The Morgan fingerprint density at radius 3 is 2.63 bits per heavy atom. The standard InChI is InChI=1S/C22H26N4O4/c1-24-16(10-11-23-24)8-9-19(27)25-13-17-12-18(22(29)30-2)21(26(17)20(28)14-25)15-6-4-3-5-7-15/h3-7,10-11,17-18,21H,8-9,12-14H2,1-2H3/t17-,18-,21-/m0/s1. The summed E-state index contributed by atoms with van der Waals surface area (Å²) in [7, 11) is 3.22. The van der Waals surface area contributed by atoms with Gasteiger partial charge >= 0.3 is 5.97 Å². The van der Waals surface area contributed by atoms with E-state index in [0.717, 1.165) is 11.3 Å². The van der Waals surface area contributed by atoms with E-state index in [1.54, 1.807) is 20.7 Å². The Kier molecular flexibility index (Phi) is 5.57. The van der Waals surface area contributed by atoms with E-state index in [2.05, 4.69) is 5.10 Å². The van der Waals surface area contributed by atoms with Crippen LogP contribution in [0.2, 0.25) is 0 Å². The number of piperazine rings is 1. The van der Waals surface area contributed by atoms with Crippen LogP contribution in [0.25, 0.3) is 0 Å². The van der Waals surface area contributed by atoms with Gasteiger partial charge < -0.3 is 14.5 Å². The molecule has 0 unspecified atom stereocenters. The molecule has 2 aliphatic heterocycles. The number of hydrogen-bond acceptors (Lipinski definition) is 5. The van der Waals surface area contributed by atoms with Crippen LogP contribution in [0.1, 0.15) is 30.1 Å². The molecular formula is C22H26N4O4. The molecule has 158 valence electrons. The van der Waals surface area contributed by atoms with E-state index in [-0.39, 0.29) is 36.4 Å². The Morgan fingerprint density at radius 1 is 1.20 bits per heavy atom. The van der Waals surface area contributed by atoms with Crippen molar-refractivity contribution in [1.82, 2.24) is 19.6 Å². The third-order valence-corrected chi connectivity index (χ3v) is 6.16. The number of rotatable bonds is 5. The van der Waals surface area contributed by atoms with Crippen molar-refractivity contribution in [2.24, 2.45) is 13.0 Å². The Balaban J connectivity index is 1.50. The second-order valence-corrected chi connectivity index (χ2v) is 7.90. The minimum atomic E-state index is -0.434. The third kappa shape index (κ3) is 3.69. The second kappa shape index (κ2) is 8.30. The van der Waals surface area contributed by atoms with Crippen LogP contribution in [-0.2, 0) is 32.6 Å². The largest absolute Gasteiger partial charge is 0.469 e. The highest BCUT2D eigenvalue weighted by Gasteiger charge is 2.51. The summed E-state index contributed by atoms with van der Waals surface area (Å²) < 4.78 is 6.78. The van der Waals surface area contributed by atoms with Gasteiger partial charge in [0.2, 0.25) is 11.8 Å². The highest BCUT2D eigenvalue weighted by Crippen LogP contribution is 2.43. The lowest BCUT2D eigenvalue weighted by molar-refractivity contribution is -0.150. The molecule has 0 bridgehead atoms. The molecule has 8 nitrogen and oxygen atoms in total. The molecule has 0 spiro atoms. The maximum atomic E-state index is 13.1. The van der Waals surface area contributed by atoms with Gasteiger partial charge in [-0.3, -0.25) is 19.1 Å². The van der Waals surface area contributed by atoms with Gasteiger partial charge in [0.05, 0.1) is 31.7 Å². The van der Waals surface area contributed by atoms with Gasteiger partial charge in [0.25, 0.3) is 0 Å². The first-order chi connectivity index (χ1) is 14.5. The Bertz CT molecular complexity index is 942. The van der Waals surface area contributed by atoms with Gasteiger partial charge in [0, 0.05) is 31.9 Å². The smallest absolute Gasteiger partial charge is 0.311 e. The molecule has 1 aromatic carbocycles. The first-order valence-corrected chi connectivity index (χ1v) is 10.2. The number of carbonyl (C=O) groups is 3. The fourth-order valence-corrected chi connectivity index (χ4v) is 4.69. The second-order valence-electron chi connectivity index (χ2n) is 7.90. The van der Waals surface area contributed by atoms with Crippen LogP contribution in [-0.4, -0.2) is 63.6 Å². The van der Waals surface area contributed by atoms with Crippen LogP contribution >= 0.6 is 0 Å². The lowest BCUT2D eigenvalue weighted by Crippen LogP contribution is -2.55. The molecule has 2 saturated heterocycles. The molecule has 4 rings (SSSR count). The van der Waals surface area contributed by atoms with Crippen molar-refractivity contribution in [2.75, 3.05) is 20.2 Å². The number of amides is 2. The lowest BCUT2D eigenvalue weighted by atomic mass is 9.93. The molecule has 1 aromatic heterocycles. The Labute approximate surface area is 175 Å². The fourth-order valence-electron chi connectivity index (χ4n) is 4.69. The first-order valence-electron chi connectivity index (χ1n) is 10.2. The molecule has 3 heterocycles. The summed E-state index contributed by atoms with van der Waals surface area (Å²) in [4.78, 5) is 41.8. The van der Waals surface area contributed by atoms with E-state index >= 15 is 0 Å². The van der Waals surface area contributed by atoms with Crippen LogP contribution in [0.3, 0.4) is 0 Å². The molecule has 8 heteroatoms. The summed E-state index contributed by atoms with van der Waals surface area (Å²) in [6, 6.07) is 10.9. The Morgan fingerprint density at radius 2 is 1.97 bits per heavy atom. The maximum absolute atomic E-state index is 13.1. The van der Waals surface area contributed by atoms with Gasteiger partial charge in [0.15, 0.2) is 0 Å². The summed E-state index contributed by atoms with van der Waals surface area (Å²) in [5.74, 6) is -0.932. The van der Waals surface area contributed by atoms with Crippen LogP contribution in [0, 0.1) is 5.92 Å². The zero-order chi connectivity index (χ0) is 21.3. The van der Waals surface area contributed by atoms with E-state index in [4.69, 9.17) is 4.74 Å². The Hall–Kier alpha value is -3.16. The van der Waals surface area contributed by atoms with Crippen molar-refractivity contribution in [2.45, 2.75) is 31.3 Å². The summed E-state index contributed by atoms with van der Waals surface area (Å²) in [5, 5.41) is 4.12. The number of esters is 1. The predicted octanol–water partition coefficient (Wildman–Crippen LogP) is 1.33. The van der Waals surface area contributed by atoms with Gasteiger partial charge in [-0.1, -0.05) is 30.3 Å². The minimum absolute atomic E-state index is 0.0396. The van der Waals surface area contributed by atoms with Gasteiger partial charge in [-0.15, -0.1) is 0 Å². The zero-order valence-electron chi connectivity index (χ0n) is 17.2. The normalized spacial score (nSPS) is 23.4. The van der Waals surface area contributed by atoms with Crippen molar-refractivity contribution < 1.29 is 19.1 Å². The predicted molar refractivity (Wildman–Crippen MR) is 108 cm³/mol. The van der Waals surface area contributed by atoms with E-state index < -0.39 is 5.92 Å². The fraction of sp³-hybridized carbons (Fsp3) is 0.455. The highest BCUT2D eigenvalue weighted by molar-refractivity contribution is 5.88. The molecule has 0 radical (unpaired) electrons. The van der Waals surface area contributed by atoms with Gasteiger partial charge in [-0.2, -0.15) is 5.10 Å². The summed E-state index contributed by atoms with van der Waals surface area (Å²) in [5.41, 5.74) is 1.89. The SMILES string of the molecule is COC(=O)[C@H]1C[C@H]2CN(C(=O)CCc3ccnn3C)CC(=O)N2[C@H]1c1ccccc1. The van der Waals surface area contributed by atoms with Crippen molar-refractivity contribution in [3.8, 4) is 0 Å². The van der Waals surface area contributed by atoms with Crippen LogP contribution in [0.4, 0.5) is 0 Å². The van der Waals surface area contributed by atoms with Crippen LogP contribution in [0.5, 0.6) is 0 Å². The number of hydrogen-bond donors (Lipinski definition) is 0. The number of ether oxygens (including phenoxy) is 1. The van der Waals surface area contributed by atoms with Crippen molar-refractivity contribution in [1.29, 1.82) is 0 Å². The number of methoxy groups -OCH3 is 1. The number of fused-ring (bicyclic) bond motifs is 1. The third-order valence-electron chi connectivity index (χ3n) is 6.16. The van der Waals surface area contributed by atoms with E-state index in [0.29, 0.717) is 25.8 Å². The molecule has 2 aliphatic rings. The number of carbonyl (C=O) groups excluding carboxylic acids is 3. The van der Waals surface area contributed by atoms with Gasteiger partial charge in [0.1, 0.15) is 0 Å². The number of aromatic nitrogens is 2. The van der Waals surface area contributed by atoms with Crippen LogP contribution < -0.4 is 0 Å². The molecule has 0 saturated carbocycles. The van der Waals surface area contributed by atoms with Crippen molar-refractivity contribution in [3.05, 3.63) is 53.9 Å². The van der Waals surface area contributed by atoms with E-state index in [1.165, 1.54) is 7.11 Å². The molecule has 3 atom stereocenters. The summed E-state index contributed by atoms with van der Waals surface area (Å²) in [6.07, 6.45) is 3.09. The average molecular weight is 410 g/mol. The molecular weight excluding hydrogens is 384 g/mol. The molecule has 2 fully saturated rings. The molecule has 0 aliphatic carbocycles. The van der Waals surface area contributed by atoms with E-state index in [9.17, 15) is 14.4 Å². The zero-order valence-corrected chi connectivity index (χ0v) is 17.2. The number of nitrogens with zero attached hydrogens (tertiary/aromatic N) is 4. The quantitative estimate of drug-likeness (QED) is 0.695.